The molecule has 0 radical (unpaired) electrons. The number of likely N-dealkylation sites (N-methyl/N-ethyl adjacent to an activating group) is 1. The molecule has 2 heterocycles. The maximum Gasteiger partial charge on any atom is 0.289 e. The summed E-state index contributed by atoms with van der Waals surface area (Å²) in [5.74, 6) is 0.448. The molecule has 3 unspecified atom stereocenters. The largest absolute Gasteiger partial charge is 0.623 e. The van der Waals surface area contributed by atoms with Crippen LogP contribution in [0.3, 0.4) is 0 Å². The lowest BCUT2D eigenvalue weighted by Crippen LogP contribution is -2.48. The molecule has 1 aromatic heterocycles. The molecule has 1 N–H and O–H groups in total. The molecular weight excluding hydrogens is 274 g/mol. The third-order valence-electron chi connectivity index (χ3n) is 4.40. The van der Waals surface area contributed by atoms with Gasteiger partial charge in [0.05, 0.1) is 12.2 Å². The van der Waals surface area contributed by atoms with Crippen molar-refractivity contribution in [1.82, 2.24) is 14.5 Å². The molecule has 3 rings (SSSR count). The van der Waals surface area contributed by atoms with Gasteiger partial charge in [-0.3, -0.25) is 9.55 Å². The van der Waals surface area contributed by atoms with E-state index in [9.17, 15) is 10.3 Å². The van der Waals surface area contributed by atoms with Crippen molar-refractivity contribution >= 4 is 16.5 Å². The Morgan fingerprint density at radius 1 is 1.50 bits per heavy atom. The molecule has 2 aliphatic rings. The van der Waals surface area contributed by atoms with Crippen LogP contribution in [-0.2, 0) is 6.42 Å². The van der Waals surface area contributed by atoms with Gasteiger partial charge in [-0.2, -0.15) is 4.98 Å². The van der Waals surface area contributed by atoms with Gasteiger partial charge in [-0.15, -0.1) is 0 Å². The maximum absolute atomic E-state index is 12.9. The van der Waals surface area contributed by atoms with Crippen LogP contribution < -0.4 is 4.65 Å². The average Bonchev–Trinajstić information content (AvgIpc) is 2.80. The summed E-state index contributed by atoms with van der Waals surface area (Å²) in [6.07, 6.45) is 1.13. The van der Waals surface area contributed by atoms with E-state index in [0.717, 1.165) is 18.5 Å². The number of hydroxylamine groups is 2. The molecule has 0 saturated carbocycles. The standard InChI is InChI=1S/C14H23N3O2S/c1-9-5-14(2,3)6-10-12(9)20-13(15-10)17(19)8-16(4)7-11(17)18/h9,11,18H,5-8H2,1-4H3. The number of quaternary nitrogens is 1. The zero-order valence-electron chi connectivity index (χ0n) is 12.6. The van der Waals surface area contributed by atoms with Crippen molar-refractivity contribution in [3.63, 3.8) is 0 Å². The van der Waals surface area contributed by atoms with Crippen LogP contribution in [0.15, 0.2) is 0 Å². The number of aliphatic hydroxyl groups excluding tert-OH is 1. The lowest BCUT2D eigenvalue weighted by atomic mass is 9.74. The molecule has 1 aromatic rings. The number of aromatic nitrogens is 1. The molecule has 20 heavy (non-hydrogen) atoms. The van der Waals surface area contributed by atoms with Gasteiger partial charge in [0.25, 0.3) is 5.13 Å². The summed E-state index contributed by atoms with van der Waals surface area (Å²) in [6.45, 7) is 7.42. The van der Waals surface area contributed by atoms with Crippen molar-refractivity contribution in [3.05, 3.63) is 15.8 Å². The van der Waals surface area contributed by atoms with Crippen LogP contribution in [0.1, 0.15) is 43.7 Å². The Hall–Kier alpha value is -0.530. The van der Waals surface area contributed by atoms with E-state index in [1.54, 1.807) is 0 Å². The third kappa shape index (κ3) is 2.19. The number of hydrogen-bond acceptors (Lipinski definition) is 5. The van der Waals surface area contributed by atoms with Crippen LogP contribution in [0.4, 0.5) is 5.13 Å². The Bertz CT molecular complexity index is 530. The van der Waals surface area contributed by atoms with E-state index in [4.69, 9.17) is 0 Å². The van der Waals surface area contributed by atoms with E-state index in [1.165, 1.54) is 16.2 Å². The van der Waals surface area contributed by atoms with Crippen LogP contribution in [0.2, 0.25) is 0 Å². The fraction of sp³-hybridized carbons (Fsp3) is 0.786. The van der Waals surface area contributed by atoms with Gasteiger partial charge in [0.2, 0.25) is 6.23 Å². The smallest absolute Gasteiger partial charge is 0.289 e. The predicted molar refractivity (Wildman–Crippen MR) is 81.3 cm³/mol. The number of fused-ring (bicyclic) bond motifs is 1. The van der Waals surface area contributed by atoms with Gasteiger partial charge in [-0.05, 0) is 31.2 Å². The molecule has 6 heteroatoms. The predicted octanol–water partition coefficient (Wildman–Crippen LogP) is 2.25. The SMILES string of the molecule is CC1CC(C)(C)Cc2nc([N+]3([O-])CN(C)CC3O)sc21. The fourth-order valence-corrected chi connectivity index (χ4v) is 4.79. The highest BCUT2D eigenvalue weighted by Gasteiger charge is 2.43. The van der Waals surface area contributed by atoms with Crippen LogP contribution in [0.25, 0.3) is 0 Å². The molecule has 112 valence electrons. The van der Waals surface area contributed by atoms with E-state index in [0.29, 0.717) is 17.6 Å². The maximum atomic E-state index is 12.9. The first-order valence-corrected chi connectivity index (χ1v) is 7.98. The monoisotopic (exact) mass is 297 g/mol. The minimum atomic E-state index is -0.920. The Kier molecular flexibility index (Phi) is 3.23. The Labute approximate surface area is 124 Å². The lowest BCUT2D eigenvalue weighted by Gasteiger charge is -2.37. The number of aliphatic hydroxyl groups is 1. The van der Waals surface area contributed by atoms with Gasteiger partial charge in [-0.1, -0.05) is 32.1 Å². The van der Waals surface area contributed by atoms with E-state index in [2.05, 4.69) is 25.8 Å². The summed E-state index contributed by atoms with van der Waals surface area (Å²) in [5.41, 5.74) is 1.31. The number of hydrogen-bond donors (Lipinski definition) is 1. The normalized spacial score (nSPS) is 37.1. The van der Waals surface area contributed by atoms with Gasteiger partial charge in [0, 0.05) is 4.88 Å². The van der Waals surface area contributed by atoms with Gasteiger partial charge in [0.15, 0.2) is 0 Å². The second-order valence-corrected chi connectivity index (χ2v) is 8.22. The summed E-state index contributed by atoms with van der Waals surface area (Å²) in [5, 5.41) is 23.5. The van der Waals surface area contributed by atoms with E-state index in [-0.39, 0.29) is 12.1 Å². The second kappa shape index (κ2) is 4.48. The van der Waals surface area contributed by atoms with Gasteiger partial charge < -0.3 is 10.3 Å². The second-order valence-electron chi connectivity index (χ2n) is 7.21. The van der Waals surface area contributed by atoms with Crippen LogP contribution in [0, 0.1) is 10.6 Å². The molecule has 1 aliphatic carbocycles. The third-order valence-corrected chi connectivity index (χ3v) is 5.84. The Morgan fingerprint density at radius 2 is 2.20 bits per heavy atom. The summed E-state index contributed by atoms with van der Waals surface area (Å²) < 4.78 is -0.707. The van der Waals surface area contributed by atoms with E-state index >= 15 is 0 Å². The highest BCUT2D eigenvalue weighted by atomic mass is 32.1. The minimum Gasteiger partial charge on any atom is -0.623 e. The fourth-order valence-electron chi connectivity index (χ4n) is 3.58. The summed E-state index contributed by atoms with van der Waals surface area (Å²) in [4.78, 5) is 7.74. The average molecular weight is 297 g/mol. The summed E-state index contributed by atoms with van der Waals surface area (Å²) >= 11 is 1.51. The van der Waals surface area contributed by atoms with Gasteiger partial charge in [0.1, 0.15) is 6.67 Å². The lowest BCUT2D eigenvalue weighted by molar-refractivity contribution is 0.0846. The van der Waals surface area contributed by atoms with E-state index < -0.39 is 10.9 Å². The molecule has 1 aliphatic heterocycles. The van der Waals surface area contributed by atoms with Crippen LogP contribution >= 0.6 is 11.3 Å². The van der Waals surface area contributed by atoms with Crippen molar-refractivity contribution in [2.24, 2.45) is 5.41 Å². The minimum absolute atomic E-state index is 0.242. The molecule has 5 nitrogen and oxygen atoms in total. The number of rotatable bonds is 1. The molecule has 0 bridgehead atoms. The molecule has 0 amide bonds. The Morgan fingerprint density at radius 3 is 2.80 bits per heavy atom. The van der Waals surface area contributed by atoms with Gasteiger partial charge in [-0.25, -0.2) is 0 Å². The summed E-state index contributed by atoms with van der Waals surface area (Å²) in [6, 6.07) is 0. The zero-order valence-corrected chi connectivity index (χ0v) is 13.4. The highest BCUT2D eigenvalue weighted by molar-refractivity contribution is 7.15. The first-order chi connectivity index (χ1) is 9.21. The van der Waals surface area contributed by atoms with Crippen molar-refractivity contribution in [2.75, 3.05) is 20.3 Å². The number of β-amino-alcohol motifs (C(OH)–C–C–N with tert-alkyl or cyclic N) is 1. The molecule has 1 saturated heterocycles. The first-order valence-electron chi connectivity index (χ1n) is 7.17. The van der Waals surface area contributed by atoms with Crippen molar-refractivity contribution in [2.45, 2.75) is 45.8 Å². The molecule has 0 aromatic carbocycles. The summed E-state index contributed by atoms with van der Waals surface area (Å²) in [7, 11) is 1.86. The highest BCUT2D eigenvalue weighted by Crippen LogP contribution is 2.47. The van der Waals surface area contributed by atoms with Crippen LogP contribution in [-0.4, -0.2) is 41.5 Å². The Balaban J connectivity index is 1.98. The molecular formula is C14H23N3O2S. The topological polar surface area (TPSA) is 59.4 Å². The number of thiazole rings is 1. The quantitative estimate of drug-likeness (QED) is 0.638. The van der Waals surface area contributed by atoms with Crippen molar-refractivity contribution in [3.8, 4) is 0 Å². The van der Waals surface area contributed by atoms with Gasteiger partial charge >= 0.3 is 0 Å². The van der Waals surface area contributed by atoms with E-state index in [1.807, 2.05) is 11.9 Å². The van der Waals surface area contributed by atoms with Crippen molar-refractivity contribution < 1.29 is 5.11 Å². The zero-order chi connectivity index (χ0) is 14.7. The molecule has 0 spiro atoms. The first kappa shape index (κ1) is 14.4. The van der Waals surface area contributed by atoms with Crippen molar-refractivity contribution in [1.29, 1.82) is 0 Å². The number of nitrogens with zero attached hydrogens (tertiary/aromatic N) is 3. The van der Waals surface area contributed by atoms with Crippen LogP contribution in [0.5, 0.6) is 0 Å². The molecule has 1 fully saturated rings. The molecule has 3 atom stereocenters.